The van der Waals surface area contributed by atoms with Crippen molar-refractivity contribution in [3.05, 3.63) is 54.2 Å². The van der Waals surface area contributed by atoms with Crippen molar-refractivity contribution in [2.24, 2.45) is 10.7 Å². The number of nitrogens with one attached hydrogen (secondary N) is 2. The number of guanidine groups is 1. The zero-order valence-corrected chi connectivity index (χ0v) is 16.8. The van der Waals surface area contributed by atoms with Crippen LogP contribution in [0.25, 0.3) is 0 Å². The number of aromatic nitrogens is 1. The average Bonchev–Trinajstić information content (AvgIpc) is 2.61. The average molecular weight is 455 g/mol. The molecule has 0 unspecified atom stereocenters. The number of hydrogen-bond acceptors (Lipinski definition) is 4. The quantitative estimate of drug-likeness (QED) is 0.234. The van der Waals surface area contributed by atoms with Gasteiger partial charge in [-0.3, -0.25) is 4.99 Å². The number of rotatable bonds is 9. The summed E-state index contributed by atoms with van der Waals surface area (Å²) in [5, 5.41) is 6.41. The second-order valence-electron chi connectivity index (χ2n) is 5.33. The van der Waals surface area contributed by atoms with E-state index in [0.29, 0.717) is 19.1 Å². The molecule has 0 aliphatic rings. The number of unbranched alkanes of at least 4 members (excludes halogenated alkanes) is 1. The smallest absolute Gasteiger partial charge is 0.193 e. The Hall–Kier alpha value is -1.87. The maximum Gasteiger partial charge on any atom is 0.193 e. The van der Waals surface area contributed by atoms with Crippen LogP contribution in [0.2, 0.25) is 0 Å². The van der Waals surface area contributed by atoms with E-state index in [9.17, 15) is 0 Å². The number of hydrogen-bond donors (Lipinski definition) is 3. The summed E-state index contributed by atoms with van der Waals surface area (Å²) in [6.45, 7) is 2.10. The molecule has 0 saturated carbocycles. The van der Waals surface area contributed by atoms with Crippen LogP contribution in [0.15, 0.2) is 53.7 Å². The summed E-state index contributed by atoms with van der Waals surface area (Å²) in [5.41, 5.74) is 7.93. The van der Waals surface area contributed by atoms with Gasteiger partial charge in [0.25, 0.3) is 0 Å². The fraction of sp³-hybridized carbons (Fsp3) is 0.333. The molecule has 0 radical (unpaired) electrons. The van der Waals surface area contributed by atoms with Gasteiger partial charge in [0.2, 0.25) is 0 Å². The number of para-hydroxylation sites is 1. The molecule has 7 heteroatoms. The highest BCUT2D eigenvalue weighted by atomic mass is 127. The number of ether oxygens (including phenoxy) is 1. The van der Waals surface area contributed by atoms with Gasteiger partial charge in [0.05, 0.1) is 6.61 Å². The van der Waals surface area contributed by atoms with E-state index in [1.54, 1.807) is 13.3 Å². The van der Waals surface area contributed by atoms with Crippen molar-refractivity contribution >= 4 is 41.4 Å². The highest BCUT2D eigenvalue weighted by Crippen LogP contribution is 2.15. The highest BCUT2D eigenvalue weighted by Gasteiger charge is 2.02. The monoisotopic (exact) mass is 455 g/mol. The van der Waals surface area contributed by atoms with Crippen LogP contribution in [0, 0.1) is 0 Å². The fourth-order valence-electron chi connectivity index (χ4n) is 2.22. The van der Waals surface area contributed by atoms with E-state index in [1.165, 1.54) is 0 Å². The molecule has 0 bridgehead atoms. The molecule has 0 amide bonds. The van der Waals surface area contributed by atoms with Crippen molar-refractivity contribution < 1.29 is 4.74 Å². The molecule has 4 N–H and O–H groups in total. The standard InChI is InChI=1S/C18H25N5O.HI/c1-24-14-15-8-2-3-9-16(15)23-18(19)22-13-7-6-12-21-17-10-4-5-11-20-17;/h2-5,8-11H,6-7,12-14H2,1H3,(H,20,21)(H3,19,22,23);1H. The van der Waals surface area contributed by atoms with Crippen LogP contribution in [0.5, 0.6) is 0 Å². The van der Waals surface area contributed by atoms with Crippen molar-refractivity contribution in [3.8, 4) is 0 Å². The molecule has 0 fully saturated rings. The second kappa shape index (κ2) is 12.5. The third kappa shape index (κ3) is 8.17. The molecule has 1 aromatic heterocycles. The Morgan fingerprint density at radius 1 is 1.16 bits per heavy atom. The normalized spacial score (nSPS) is 10.8. The van der Waals surface area contributed by atoms with Gasteiger partial charge >= 0.3 is 0 Å². The van der Waals surface area contributed by atoms with E-state index in [4.69, 9.17) is 10.5 Å². The van der Waals surface area contributed by atoms with Crippen molar-refractivity contribution in [2.75, 3.05) is 30.8 Å². The number of pyridine rings is 1. The van der Waals surface area contributed by atoms with Gasteiger partial charge in [0, 0.05) is 37.6 Å². The molecule has 1 heterocycles. The number of aliphatic imine (C=N–C) groups is 1. The van der Waals surface area contributed by atoms with E-state index >= 15 is 0 Å². The van der Waals surface area contributed by atoms with Crippen molar-refractivity contribution in [1.29, 1.82) is 0 Å². The lowest BCUT2D eigenvalue weighted by atomic mass is 10.2. The Balaban J connectivity index is 0.00000312. The van der Waals surface area contributed by atoms with E-state index in [0.717, 1.165) is 36.5 Å². The first-order chi connectivity index (χ1) is 11.8. The first-order valence-electron chi connectivity index (χ1n) is 8.08. The maximum atomic E-state index is 5.95. The molecule has 6 nitrogen and oxygen atoms in total. The Morgan fingerprint density at radius 2 is 1.96 bits per heavy atom. The first-order valence-corrected chi connectivity index (χ1v) is 8.08. The van der Waals surface area contributed by atoms with Crippen molar-refractivity contribution in [3.63, 3.8) is 0 Å². The van der Waals surface area contributed by atoms with Gasteiger partial charge in [-0.2, -0.15) is 0 Å². The summed E-state index contributed by atoms with van der Waals surface area (Å²) < 4.78 is 5.18. The predicted octanol–water partition coefficient (Wildman–Crippen LogP) is 3.46. The molecule has 2 aromatic rings. The van der Waals surface area contributed by atoms with Gasteiger partial charge < -0.3 is 21.1 Å². The molecule has 0 aliphatic heterocycles. The van der Waals surface area contributed by atoms with Gasteiger partial charge in [-0.25, -0.2) is 4.98 Å². The number of methoxy groups -OCH3 is 1. The Bertz CT molecular complexity index is 636. The topological polar surface area (TPSA) is 84.6 Å². The van der Waals surface area contributed by atoms with Crippen LogP contribution in [0.3, 0.4) is 0 Å². The minimum Gasteiger partial charge on any atom is -0.380 e. The number of benzene rings is 1. The molecule has 1 aromatic carbocycles. The maximum absolute atomic E-state index is 5.95. The summed E-state index contributed by atoms with van der Waals surface area (Å²) in [5.74, 6) is 1.33. The molecule has 0 saturated heterocycles. The zero-order chi connectivity index (χ0) is 17.0. The van der Waals surface area contributed by atoms with Gasteiger partial charge in [0.1, 0.15) is 5.82 Å². The third-order valence-electron chi connectivity index (χ3n) is 3.42. The fourth-order valence-corrected chi connectivity index (χ4v) is 2.22. The lowest BCUT2D eigenvalue weighted by Gasteiger charge is -2.10. The minimum atomic E-state index is 0. The molecule has 136 valence electrons. The van der Waals surface area contributed by atoms with Crippen LogP contribution < -0.4 is 16.4 Å². The highest BCUT2D eigenvalue weighted by molar-refractivity contribution is 14.0. The number of nitrogens with two attached hydrogens (primary N) is 1. The van der Waals surface area contributed by atoms with Gasteiger partial charge in [0.15, 0.2) is 5.96 Å². The first kappa shape index (κ1) is 21.2. The Morgan fingerprint density at radius 3 is 2.72 bits per heavy atom. The Labute approximate surface area is 166 Å². The lowest BCUT2D eigenvalue weighted by molar-refractivity contribution is 0.185. The number of halogens is 1. The van der Waals surface area contributed by atoms with Crippen molar-refractivity contribution in [2.45, 2.75) is 19.4 Å². The van der Waals surface area contributed by atoms with E-state index < -0.39 is 0 Å². The van der Waals surface area contributed by atoms with E-state index in [2.05, 4.69) is 20.6 Å². The van der Waals surface area contributed by atoms with Crippen LogP contribution >= 0.6 is 24.0 Å². The molecule has 25 heavy (non-hydrogen) atoms. The molecule has 2 rings (SSSR count). The number of anilines is 2. The largest absolute Gasteiger partial charge is 0.380 e. The molecular weight excluding hydrogens is 429 g/mol. The summed E-state index contributed by atoms with van der Waals surface area (Å²) >= 11 is 0. The summed E-state index contributed by atoms with van der Waals surface area (Å²) in [6, 6.07) is 13.7. The SMILES string of the molecule is COCc1ccccc1NC(N)=NCCCCNc1ccccn1.I. The summed E-state index contributed by atoms with van der Waals surface area (Å²) in [7, 11) is 1.67. The summed E-state index contributed by atoms with van der Waals surface area (Å²) in [4.78, 5) is 8.58. The molecule has 0 aliphatic carbocycles. The van der Waals surface area contributed by atoms with Crippen LogP contribution in [0.4, 0.5) is 11.5 Å². The van der Waals surface area contributed by atoms with Crippen LogP contribution in [-0.4, -0.2) is 31.1 Å². The second-order valence-corrected chi connectivity index (χ2v) is 5.33. The van der Waals surface area contributed by atoms with Crippen molar-refractivity contribution in [1.82, 2.24) is 4.98 Å². The summed E-state index contributed by atoms with van der Waals surface area (Å²) in [6.07, 6.45) is 3.75. The zero-order valence-electron chi connectivity index (χ0n) is 14.4. The predicted molar refractivity (Wildman–Crippen MR) is 115 cm³/mol. The lowest BCUT2D eigenvalue weighted by Crippen LogP contribution is -2.23. The van der Waals surface area contributed by atoms with E-state index in [1.807, 2.05) is 42.5 Å². The van der Waals surface area contributed by atoms with Gasteiger partial charge in [-0.15, -0.1) is 24.0 Å². The molecule has 0 atom stereocenters. The van der Waals surface area contributed by atoms with Crippen LogP contribution in [-0.2, 0) is 11.3 Å². The van der Waals surface area contributed by atoms with E-state index in [-0.39, 0.29) is 24.0 Å². The molecular formula is C18H26IN5O. The Kier molecular flexibility index (Phi) is 10.6. The minimum absolute atomic E-state index is 0. The van der Waals surface area contributed by atoms with Gasteiger partial charge in [-0.1, -0.05) is 24.3 Å². The van der Waals surface area contributed by atoms with Crippen LogP contribution in [0.1, 0.15) is 18.4 Å². The third-order valence-corrected chi connectivity index (χ3v) is 3.42. The van der Waals surface area contributed by atoms with Gasteiger partial charge in [-0.05, 0) is 31.0 Å². The number of nitrogens with zero attached hydrogens (tertiary/aromatic N) is 2. The molecule has 0 spiro atoms.